The molecule has 0 radical (unpaired) electrons. The Kier molecular flexibility index (Phi) is 6.90. The van der Waals surface area contributed by atoms with E-state index in [-0.39, 0.29) is 0 Å². The van der Waals surface area contributed by atoms with E-state index in [9.17, 15) is 0 Å². The second-order valence-corrected chi connectivity index (χ2v) is 14.2. The van der Waals surface area contributed by atoms with E-state index in [1.807, 2.05) is 0 Å². The molecule has 0 spiro atoms. The van der Waals surface area contributed by atoms with Crippen molar-refractivity contribution in [3.8, 4) is 16.8 Å². The average Bonchev–Trinajstić information content (AvgIpc) is 3.59. The van der Waals surface area contributed by atoms with Gasteiger partial charge in [-0.2, -0.15) is 0 Å². The molecule has 0 aliphatic heterocycles. The van der Waals surface area contributed by atoms with Crippen molar-refractivity contribution in [1.29, 1.82) is 0 Å². The molecule has 11 aromatic rings. The van der Waals surface area contributed by atoms with E-state index in [1.165, 1.54) is 76.0 Å². The van der Waals surface area contributed by atoms with Gasteiger partial charge >= 0.3 is 0 Å². The van der Waals surface area contributed by atoms with Crippen LogP contribution in [0.5, 0.6) is 0 Å². The summed E-state index contributed by atoms with van der Waals surface area (Å²) in [6.07, 6.45) is 0. The van der Waals surface area contributed by atoms with E-state index in [2.05, 4.69) is 216 Å². The molecule has 0 saturated heterocycles. The van der Waals surface area contributed by atoms with E-state index in [4.69, 9.17) is 0 Å². The van der Waals surface area contributed by atoms with E-state index in [0.717, 1.165) is 22.7 Å². The zero-order valence-corrected chi connectivity index (χ0v) is 29.5. The Bertz CT molecular complexity index is 3090. The van der Waals surface area contributed by atoms with Gasteiger partial charge in [0.2, 0.25) is 0 Å². The monoisotopic (exact) mass is 686 g/mol. The van der Waals surface area contributed by atoms with Gasteiger partial charge in [-0.15, -0.1) is 0 Å². The Morgan fingerprint density at radius 1 is 0.315 bits per heavy atom. The van der Waals surface area contributed by atoms with Gasteiger partial charge in [-0.05, 0) is 115 Å². The summed E-state index contributed by atoms with van der Waals surface area (Å²) in [7, 11) is 0. The summed E-state index contributed by atoms with van der Waals surface area (Å²) >= 11 is 0. The Morgan fingerprint density at radius 2 is 0.796 bits per heavy atom. The van der Waals surface area contributed by atoms with Gasteiger partial charge in [-0.3, -0.25) is 0 Å². The minimum Gasteiger partial charge on any atom is -0.310 e. The molecule has 0 aliphatic rings. The molecule has 54 heavy (non-hydrogen) atoms. The van der Waals surface area contributed by atoms with Crippen LogP contribution in [-0.2, 0) is 0 Å². The number of para-hydroxylation sites is 2. The number of nitrogens with zero attached hydrogens (tertiary/aromatic N) is 2. The SMILES string of the molecule is c1ccc(-n2c3ccccc3c3c(-c4ccc(N(c5ccc6ccc7ccccc7c6c5)c5ccc6ccc7ccccc7c6c5)cc4)cccc32)cc1. The smallest absolute Gasteiger partial charge is 0.0547 e. The van der Waals surface area contributed by atoms with Crippen molar-refractivity contribution in [3.63, 3.8) is 0 Å². The Hall–Kier alpha value is -7.16. The molecule has 0 bridgehead atoms. The highest BCUT2D eigenvalue weighted by Gasteiger charge is 2.18. The maximum atomic E-state index is 2.41. The van der Waals surface area contributed by atoms with Gasteiger partial charge in [0, 0.05) is 33.5 Å². The summed E-state index contributed by atoms with van der Waals surface area (Å²) in [5.74, 6) is 0. The third-order valence-electron chi connectivity index (χ3n) is 11.1. The molecule has 2 heteroatoms. The van der Waals surface area contributed by atoms with Crippen LogP contribution in [0.3, 0.4) is 0 Å². The van der Waals surface area contributed by atoms with Crippen molar-refractivity contribution in [2.75, 3.05) is 4.90 Å². The number of rotatable bonds is 5. The maximum Gasteiger partial charge on any atom is 0.0547 e. The summed E-state index contributed by atoms with van der Waals surface area (Å²) in [6, 6.07) is 75.3. The van der Waals surface area contributed by atoms with Gasteiger partial charge in [0.15, 0.2) is 0 Å². The van der Waals surface area contributed by atoms with E-state index >= 15 is 0 Å². The molecule has 0 atom stereocenters. The van der Waals surface area contributed by atoms with Gasteiger partial charge in [-0.25, -0.2) is 0 Å². The highest BCUT2D eigenvalue weighted by molar-refractivity contribution is 6.16. The first-order chi connectivity index (χ1) is 26.8. The second-order valence-electron chi connectivity index (χ2n) is 14.2. The van der Waals surface area contributed by atoms with Crippen LogP contribution in [0.25, 0.3) is 81.7 Å². The van der Waals surface area contributed by atoms with Gasteiger partial charge < -0.3 is 9.47 Å². The molecular weight excluding hydrogens is 653 g/mol. The molecule has 1 aromatic heterocycles. The molecular formula is C52H34N2. The molecule has 2 nitrogen and oxygen atoms in total. The number of anilines is 3. The van der Waals surface area contributed by atoms with Crippen molar-refractivity contribution in [2.24, 2.45) is 0 Å². The van der Waals surface area contributed by atoms with Crippen LogP contribution in [0.15, 0.2) is 206 Å². The lowest BCUT2D eigenvalue weighted by Gasteiger charge is -2.27. The second kappa shape index (κ2) is 12.2. The predicted octanol–water partition coefficient (Wildman–Crippen LogP) is 14.5. The first-order valence-corrected chi connectivity index (χ1v) is 18.6. The lowest BCUT2D eigenvalue weighted by Crippen LogP contribution is -2.10. The number of benzene rings is 10. The Balaban J connectivity index is 1.11. The van der Waals surface area contributed by atoms with Crippen LogP contribution in [0.1, 0.15) is 0 Å². The maximum absolute atomic E-state index is 2.41. The zero-order chi connectivity index (χ0) is 35.6. The van der Waals surface area contributed by atoms with Crippen molar-refractivity contribution in [3.05, 3.63) is 206 Å². The lowest BCUT2D eigenvalue weighted by molar-refractivity contribution is 1.18. The number of hydrogen-bond donors (Lipinski definition) is 0. The standard InChI is InChI=1S/C52H34N2/c1-2-13-40(14-3-1)54-50-19-9-8-17-47(50)52-46(18-10-20-51(52)54)37-25-29-41(30-26-37)53(42-31-27-38-23-21-35-11-4-6-15-44(35)48(38)33-42)43-32-28-39-24-22-36-12-5-7-16-45(36)49(39)34-43/h1-34H. The number of hydrogen-bond acceptors (Lipinski definition) is 1. The number of aromatic nitrogens is 1. The molecule has 1 heterocycles. The fourth-order valence-electron chi connectivity index (χ4n) is 8.61. The minimum absolute atomic E-state index is 1.11. The van der Waals surface area contributed by atoms with Crippen LogP contribution < -0.4 is 4.90 Å². The normalized spacial score (nSPS) is 11.7. The zero-order valence-electron chi connectivity index (χ0n) is 29.5. The van der Waals surface area contributed by atoms with Crippen molar-refractivity contribution < 1.29 is 0 Å². The van der Waals surface area contributed by atoms with Crippen LogP contribution in [0.4, 0.5) is 17.1 Å². The predicted molar refractivity (Wildman–Crippen MR) is 231 cm³/mol. The van der Waals surface area contributed by atoms with Gasteiger partial charge in [0.25, 0.3) is 0 Å². The Morgan fingerprint density at radius 3 is 1.43 bits per heavy atom. The molecule has 0 aliphatic carbocycles. The summed E-state index contributed by atoms with van der Waals surface area (Å²) in [6.45, 7) is 0. The fraction of sp³-hybridized carbons (Fsp3) is 0. The molecule has 0 unspecified atom stereocenters. The van der Waals surface area contributed by atoms with Gasteiger partial charge in [0.1, 0.15) is 0 Å². The van der Waals surface area contributed by atoms with Crippen LogP contribution >= 0.6 is 0 Å². The molecule has 0 N–H and O–H groups in total. The summed E-state index contributed by atoms with van der Waals surface area (Å²) in [4.78, 5) is 2.41. The topological polar surface area (TPSA) is 8.17 Å². The summed E-state index contributed by atoms with van der Waals surface area (Å²) < 4.78 is 2.39. The third kappa shape index (κ3) is 4.81. The number of fused-ring (bicyclic) bond motifs is 9. The van der Waals surface area contributed by atoms with E-state index in [1.54, 1.807) is 0 Å². The highest BCUT2D eigenvalue weighted by atomic mass is 15.1. The molecule has 10 aromatic carbocycles. The van der Waals surface area contributed by atoms with Gasteiger partial charge in [0.05, 0.1) is 11.0 Å². The summed E-state index contributed by atoms with van der Waals surface area (Å²) in [5.41, 5.74) is 9.35. The Labute approximate surface area is 313 Å². The van der Waals surface area contributed by atoms with E-state index in [0.29, 0.717) is 0 Å². The highest BCUT2D eigenvalue weighted by Crippen LogP contribution is 2.42. The van der Waals surface area contributed by atoms with Crippen LogP contribution in [0.2, 0.25) is 0 Å². The van der Waals surface area contributed by atoms with Crippen LogP contribution in [-0.4, -0.2) is 4.57 Å². The van der Waals surface area contributed by atoms with Crippen molar-refractivity contribution in [2.45, 2.75) is 0 Å². The molecule has 0 saturated carbocycles. The molecule has 11 rings (SSSR count). The van der Waals surface area contributed by atoms with Gasteiger partial charge in [-0.1, -0.05) is 146 Å². The van der Waals surface area contributed by atoms with E-state index < -0.39 is 0 Å². The lowest BCUT2D eigenvalue weighted by atomic mass is 9.98. The molecule has 0 amide bonds. The third-order valence-corrected chi connectivity index (χ3v) is 11.1. The van der Waals surface area contributed by atoms with Crippen molar-refractivity contribution in [1.82, 2.24) is 4.57 Å². The first kappa shape index (κ1) is 30.5. The minimum atomic E-state index is 1.11. The summed E-state index contributed by atoms with van der Waals surface area (Å²) in [5, 5.41) is 12.5. The molecule has 0 fully saturated rings. The average molecular weight is 687 g/mol. The largest absolute Gasteiger partial charge is 0.310 e. The van der Waals surface area contributed by atoms with Crippen molar-refractivity contribution >= 4 is 82.0 Å². The first-order valence-electron chi connectivity index (χ1n) is 18.6. The fourth-order valence-corrected chi connectivity index (χ4v) is 8.61. The van der Waals surface area contributed by atoms with Crippen LogP contribution in [0, 0.1) is 0 Å². The molecule has 252 valence electrons. The quantitative estimate of drug-likeness (QED) is 0.164.